The number of hydrogen-bond donors (Lipinski definition) is 2. The average Bonchev–Trinajstić information content (AvgIpc) is 2.62. The molecule has 0 aliphatic heterocycles. The van der Waals surface area contributed by atoms with Gasteiger partial charge in [-0.3, -0.25) is 4.79 Å². The predicted molar refractivity (Wildman–Crippen MR) is 68.0 cm³/mol. The van der Waals surface area contributed by atoms with Gasteiger partial charge in [0.1, 0.15) is 5.69 Å². The Bertz CT molecular complexity index is 438. The molecule has 0 unspecified atom stereocenters. The first-order valence-corrected chi connectivity index (χ1v) is 5.75. The molecule has 1 aromatic heterocycles. The van der Waals surface area contributed by atoms with Gasteiger partial charge in [-0.25, -0.2) is 4.79 Å². The third-order valence-corrected chi connectivity index (χ3v) is 2.28. The summed E-state index contributed by atoms with van der Waals surface area (Å²) in [6.07, 6.45) is 1.61. The number of aryl methyl sites for hydroxylation is 1. The van der Waals surface area contributed by atoms with Gasteiger partial charge in [0, 0.05) is 19.8 Å². The van der Waals surface area contributed by atoms with Crippen molar-refractivity contribution < 1.29 is 14.3 Å². The normalized spacial score (nSPS) is 10.4. The van der Waals surface area contributed by atoms with Crippen molar-refractivity contribution in [3.63, 3.8) is 0 Å². The van der Waals surface area contributed by atoms with Crippen molar-refractivity contribution in [2.75, 3.05) is 18.9 Å². The summed E-state index contributed by atoms with van der Waals surface area (Å²) in [5.41, 5.74) is 6.35. The van der Waals surface area contributed by atoms with Crippen LogP contribution in [0.15, 0.2) is 12.3 Å². The predicted octanol–water partition coefficient (Wildman–Crippen LogP) is 0.536. The van der Waals surface area contributed by atoms with Crippen molar-refractivity contribution in [3.05, 3.63) is 18.0 Å². The van der Waals surface area contributed by atoms with Crippen molar-refractivity contribution in [2.24, 2.45) is 13.0 Å². The zero-order chi connectivity index (χ0) is 13.7. The van der Waals surface area contributed by atoms with E-state index >= 15 is 0 Å². The van der Waals surface area contributed by atoms with Crippen LogP contribution in [-0.2, 0) is 16.6 Å². The molecule has 6 heteroatoms. The van der Waals surface area contributed by atoms with E-state index in [-0.39, 0.29) is 12.5 Å². The SMILES string of the molecule is CC(C)CNC(=O)COC(=O)c1cc(N)cn1C. The number of aromatic nitrogens is 1. The minimum Gasteiger partial charge on any atom is -0.451 e. The van der Waals surface area contributed by atoms with E-state index in [1.807, 2.05) is 13.8 Å². The average molecular weight is 253 g/mol. The first-order valence-electron chi connectivity index (χ1n) is 5.75. The molecule has 0 aromatic carbocycles. The maximum Gasteiger partial charge on any atom is 0.355 e. The maximum absolute atomic E-state index is 11.6. The van der Waals surface area contributed by atoms with Gasteiger partial charge in [-0.05, 0) is 12.0 Å². The molecule has 0 aliphatic rings. The number of nitrogens with one attached hydrogen (secondary N) is 1. The van der Waals surface area contributed by atoms with Crippen molar-refractivity contribution in [3.8, 4) is 0 Å². The molecule has 1 amide bonds. The maximum atomic E-state index is 11.6. The number of carbonyl (C=O) groups is 2. The van der Waals surface area contributed by atoms with E-state index in [2.05, 4.69) is 5.32 Å². The number of hydrogen-bond acceptors (Lipinski definition) is 4. The van der Waals surface area contributed by atoms with E-state index in [9.17, 15) is 9.59 Å². The summed E-state index contributed by atoms with van der Waals surface area (Å²) in [6.45, 7) is 4.25. The molecule has 1 heterocycles. The molecule has 0 saturated carbocycles. The summed E-state index contributed by atoms with van der Waals surface area (Å²) in [7, 11) is 1.69. The van der Waals surface area contributed by atoms with Crippen LogP contribution in [0.2, 0.25) is 0 Å². The Balaban J connectivity index is 2.42. The van der Waals surface area contributed by atoms with Gasteiger partial charge in [-0.2, -0.15) is 0 Å². The molecule has 1 aromatic rings. The van der Waals surface area contributed by atoms with Gasteiger partial charge in [-0.1, -0.05) is 13.8 Å². The molecular formula is C12H19N3O3. The van der Waals surface area contributed by atoms with Crippen molar-refractivity contribution in [1.29, 1.82) is 0 Å². The van der Waals surface area contributed by atoms with E-state index in [1.165, 1.54) is 6.07 Å². The largest absolute Gasteiger partial charge is 0.451 e. The number of amides is 1. The van der Waals surface area contributed by atoms with Crippen LogP contribution in [0, 0.1) is 5.92 Å². The fraction of sp³-hybridized carbons (Fsp3) is 0.500. The number of nitrogen functional groups attached to an aromatic ring is 1. The van der Waals surface area contributed by atoms with Crippen LogP contribution in [0.3, 0.4) is 0 Å². The molecule has 0 saturated heterocycles. The van der Waals surface area contributed by atoms with Gasteiger partial charge in [0.25, 0.3) is 5.91 Å². The highest BCUT2D eigenvalue weighted by molar-refractivity contribution is 5.91. The van der Waals surface area contributed by atoms with Gasteiger partial charge in [0.2, 0.25) is 0 Å². The van der Waals surface area contributed by atoms with Gasteiger partial charge in [-0.15, -0.1) is 0 Å². The number of esters is 1. The Morgan fingerprint density at radius 2 is 2.17 bits per heavy atom. The van der Waals surface area contributed by atoms with Crippen LogP contribution in [0.5, 0.6) is 0 Å². The Morgan fingerprint density at radius 1 is 1.50 bits per heavy atom. The first kappa shape index (κ1) is 14.1. The first-order chi connectivity index (χ1) is 8.40. The second-order valence-corrected chi connectivity index (χ2v) is 4.54. The fourth-order valence-electron chi connectivity index (χ4n) is 1.37. The molecule has 0 spiro atoms. The lowest BCUT2D eigenvalue weighted by atomic mass is 10.2. The molecule has 18 heavy (non-hydrogen) atoms. The zero-order valence-electron chi connectivity index (χ0n) is 10.9. The topological polar surface area (TPSA) is 86.3 Å². The second-order valence-electron chi connectivity index (χ2n) is 4.54. The quantitative estimate of drug-likeness (QED) is 0.750. The van der Waals surface area contributed by atoms with E-state index in [0.29, 0.717) is 23.8 Å². The summed E-state index contributed by atoms with van der Waals surface area (Å²) < 4.78 is 6.45. The van der Waals surface area contributed by atoms with E-state index in [4.69, 9.17) is 10.5 Å². The second kappa shape index (κ2) is 6.09. The molecule has 100 valence electrons. The molecule has 0 fully saturated rings. The van der Waals surface area contributed by atoms with E-state index in [1.54, 1.807) is 17.8 Å². The Kier molecular flexibility index (Phi) is 4.76. The summed E-state index contributed by atoms with van der Waals surface area (Å²) >= 11 is 0. The molecule has 0 aliphatic carbocycles. The van der Waals surface area contributed by atoms with Crippen LogP contribution in [0.4, 0.5) is 5.69 Å². The number of ether oxygens (including phenoxy) is 1. The summed E-state index contributed by atoms with van der Waals surface area (Å²) in [5, 5.41) is 2.66. The van der Waals surface area contributed by atoms with Crippen LogP contribution in [0.25, 0.3) is 0 Å². The highest BCUT2D eigenvalue weighted by Gasteiger charge is 2.14. The van der Waals surface area contributed by atoms with Gasteiger partial charge >= 0.3 is 5.97 Å². The van der Waals surface area contributed by atoms with Crippen LogP contribution in [-0.4, -0.2) is 29.6 Å². The van der Waals surface area contributed by atoms with Crippen molar-refractivity contribution in [1.82, 2.24) is 9.88 Å². The van der Waals surface area contributed by atoms with Crippen molar-refractivity contribution in [2.45, 2.75) is 13.8 Å². The molecular weight excluding hydrogens is 234 g/mol. The summed E-state index contributed by atoms with van der Waals surface area (Å²) in [6, 6.07) is 1.51. The molecule has 6 nitrogen and oxygen atoms in total. The highest BCUT2D eigenvalue weighted by Crippen LogP contribution is 2.09. The Labute approximate surface area is 106 Å². The Hall–Kier alpha value is -1.98. The lowest BCUT2D eigenvalue weighted by molar-refractivity contribution is -0.124. The minimum atomic E-state index is -0.561. The molecule has 0 atom stereocenters. The molecule has 1 rings (SSSR count). The van der Waals surface area contributed by atoms with E-state index < -0.39 is 5.97 Å². The van der Waals surface area contributed by atoms with Crippen LogP contribution in [0.1, 0.15) is 24.3 Å². The molecule has 0 radical (unpaired) electrons. The standard InChI is InChI=1S/C12H19N3O3/c1-8(2)5-14-11(16)7-18-12(17)10-4-9(13)6-15(10)3/h4,6,8H,5,7,13H2,1-3H3,(H,14,16). The summed E-state index contributed by atoms with van der Waals surface area (Å²) in [4.78, 5) is 23.0. The number of carbonyl (C=O) groups excluding carboxylic acids is 2. The van der Waals surface area contributed by atoms with Crippen molar-refractivity contribution >= 4 is 17.6 Å². The molecule has 3 N–H and O–H groups in total. The lowest BCUT2D eigenvalue weighted by Gasteiger charge is -2.08. The number of nitrogens with two attached hydrogens (primary N) is 1. The lowest BCUT2D eigenvalue weighted by Crippen LogP contribution is -2.31. The fourth-order valence-corrected chi connectivity index (χ4v) is 1.37. The smallest absolute Gasteiger partial charge is 0.355 e. The number of nitrogens with zero attached hydrogens (tertiary/aromatic N) is 1. The number of anilines is 1. The third-order valence-electron chi connectivity index (χ3n) is 2.28. The minimum absolute atomic E-state index is 0.281. The Morgan fingerprint density at radius 3 is 2.67 bits per heavy atom. The number of rotatable bonds is 5. The summed E-state index contributed by atoms with van der Waals surface area (Å²) in [5.74, 6) is -0.509. The van der Waals surface area contributed by atoms with Crippen LogP contribution >= 0.6 is 0 Å². The molecule has 0 bridgehead atoms. The van der Waals surface area contributed by atoms with Crippen LogP contribution < -0.4 is 11.1 Å². The van der Waals surface area contributed by atoms with E-state index in [0.717, 1.165) is 0 Å². The third kappa shape index (κ3) is 4.12. The monoisotopic (exact) mass is 253 g/mol. The van der Waals surface area contributed by atoms with Gasteiger partial charge in [0.05, 0.1) is 5.69 Å². The van der Waals surface area contributed by atoms with Gasteiger partial charge in [0.15, 0.2) is 6.61 Å². The highest BCUT2D eigenvalue weighted by atomic mass is 16.5. The zero-order valence-corrected chi connectivity index (χ0v) is 10.9. The van der Waals surface area contributed by atoms with Gasteiger partial charge < -0.3 is 20.4 Å².